The number of ether oxygens (including phenoxy) is 10. The Morgan fingerprint density at radius 3 is 1.81 bits per heavy atom. The molecule has 15 heteroatoms. The van der Waals surface area contributed by atoms with E-state index in [1.165, 1.54) is 14.0 Å². The predicted molar refractivity (Wildman–Crippen MR) is 189 cm³/mol. The van der Waals surface area contributed by atoms with Gasteiger partial charge in [-0.25, -0.2) is 4.79 Å². The third-order valence-corrected chi connectivity index (χ3v) is 9.15. The normalized spacial score (nSPS) is 30.1. The summed E-state index contributed by atoms with van der Waals surface area (Å²) < 4.78 is 61.8. The summed E-state index contributed by atoms with van der Waals surface area (Å²) in [7, 11) is 1.22. The zero-order valence-corrected chi connectivity index (χ0v) is 30.5. The van der Waals surface area contributed by atoms with Gasteiger partial charge in [-0.05, 0) is 36.1 Å². The molecule has 6 rings (SSSR count). The van der Waals surface area contributed by atoms with Crippen molar-refractivity contribution < 1.29 is 57.0 Å². The van der Waals surface area contributed by atoms with Crippen molar-refractivity contribution in [1.29, 1.82) is 0 Å². The molecule has 3 fully saturated rings. The Morgan fingerprint density at radius 1 is 0.759 bits per heavy atom. The monoisotopic (exact) mass is 747 g/mol. The number of fused-ring (bicyclic) bond motifs is 1. The average molecular weight is 748 g/mol. The highest BCUT2D eigenvalue weighted by Crippen LogP contribution is 2.41. The maximum absolute atomic E-state index is 13.4. The number of methoxy groups -OCH3 is 1. The van der Waals surface area contributed by atoms with E-state index in [9.17, 15) is 15.1 Å². The predicted octanol–water partition coefficient (Wildman–Crippen LogP) is 5.14. The molecule has 0 amide bonds. The average Bonchev–Trinajstić information content (AvgIpc) is 3.50. The highest BCUT2D eigenvalue weighted by atomic mass is 16.8. The van der Waals surface area contributed by atoms with Crippen molar-refractivity contribution in [3.8, 4) is 0 Å². The maximum atomic E-state index is 13.4. The number of hydrogen-bond donors (Lipinski definition) is 0. The number of nitrogens with zero attached hydrogens (tertiary/aromatic N) is 3. The minimum Gasteiger partial charge on any atom is -0.467 e. The summed E-state index contributed by atoms with van der Waals surface area (Å²) in [5.41, 5.74) is 12.5. The van der Waals surface area contributed by atoms with Gasteiger partial charge in [0.2, 0.25) is 0 Å². The van der Waals surface area contributed by atoms with E-state index in [1.54, 1.807) is 13.8 Å². The first-order valence-corrected chi connectivity index (χ1v) is 17.7. The van der Waals surface area contributed by atoms with Crippen LogP contribution in [-0.4, -0.2) is 92.8 Å². The minimum absolute atomic E-state index is 0.102. The molecule has 0 saturated carbocycles. The topological polar surface area (TPSA) is 175 Å². The van der Waals surface area contributed by atoms with Gasteiger partial charge in [0, 0.05) is 11.8 Å². The van der Waals surface area contributed by atoms with Gasteiger partial charge in [-0.15, -0.1) is 0 Å². The second kappa shape index (κ2) is 18.3. The Bertz CT molecular complexity index is 1710. The van der Waals surface area contributed by atoms with Crippen molar-refractivity contribution in [1.82, 2.24) is 0 Å². The van der Waals surface area contributed by atoms with Crippen LogP contribution in [0.1, 0.15) is 37.5 Å². The van der Waals surface area contributed by atoms with Crippen LogP contribution in [0.4, 0.5) is 0 Å². The lowest BCUT2D eigenvalue weighted by Gasteiger charge is -2.47. The fourth-order valence-electron chi connectivity index (χ4n) is 6.68. The van der Waals surface area contributed by atoms with E-state index < -0.39 is 79.1 Å². The lowest BCUT2D eigenvalue weighted by atomic mass is 9.95. The number of hydrogen-bond acceptors (Lipinski definition) is 13. The van der Waals surface area contributed by atoms with Gasteiger partial charge in [-0.1, -0.05) is 96.1 Å². The van der Waals surface area contributed by atoms with Gasteiger partial charge in [-0.2, -0.15) is 0 Å². The van der Waals surface area contributed by atoms with Crippen LogP contribution in [0.2, 0.25) is 0 Å². The maximum Gasteiger partial charge on any atom is 0.337 e. The van der Waals surface area contributed by atoms with Crippen LogP contribution >= 0.6 is 0 Å². The van der Waals surface area contributed by atoms with Crippen LogP contribution < -0.4 is 0 Å². The zero-order chi connectivity index (χ0) is 38.1. The van der Waals surface area contributed by atoms with Crippen molar-refractivity contribution in [2.24, 2.45) is 5.11 Å². The summed E-state index contributed by atoms with van der Waals surface area (Å²) in [5.74, 6) is -2.42. The summed E-state index contributed by atoms with van der Waals surface area (Å²) >= 11 is 0. The quantitative estimate of drug-likeness (QED) is 0.0868. The van der Waals surface area contributed by atoms with Gasteiger partial charge in [0.25, 0.3) is 0 Å². The van der Waals surface area contributed by atoms with Gasteiger partial charge in [-0.3, -0.25) is 4.79 Å². The Labute approximate surface area is 313 Å². The van der Waals surface area contributed by atoms with Crippen LogP contribution in [0.5, 0.6) is 0 Å². The zero-order valence-electron chi connectivity index (χ0n) is 30.5. The van der Waals surface area contributed by atoms with E-state index in [1.807, 2.05) is 91.0 Å². The van der Waals surface area contributed by atoms with Gasteiger partial charge >= 0.3 is 11.9 Å². The minimum atomic E-state index is -1.41. The number of azide groups is 1. The number of benzene rings is 3. The number of esters is 2. The van der Waals surface area contributed by atoms with Gasteiger partial charge in [0.15, 0.2) is 24.5 Å². The summed E-state index contributed by atoms with van der Waals surface area (Å²) in [6.07, 6.45) is -9.85. The van der Waals surface area contributed by atoms with Gasteiger partial charge < -0.3 is 47.4 Å². The van der Waals surface area contributed by atoms with Crippen molar-refractivity contribution in [3.05, 3.63) is 118 Å². The van der Waals surface area contributed by atoms with E-state index in [4.69, 9.17) is 47.4 Å². The second-order valence-electron chi connectivity index (χ2n) is 13.5. The number of rotatable bonds is 15. The van der Waals surface area contributed by atoms with Crippen LogP contribution in [0.25, 0.3) is 10.4 Å². The Hall–Kier alpha value is -4.41. The molecule has 0 unspecified atom stereocenters. The summed E-state index contributed by atoms with van der Waals surface area (Å²) in [4.78, 5) is 28.7. The second-order valence-corrected chi connectivity index (χ2v) is 13.5. The van der Waals surface area contributed by atoms with Crippen LogP contribution in [0.3, 0.4) is 0 Å². The molecule has 15 nitrogen and oxygen atoms in total. The molecule has 3 aliphatic rings. The van der Waals surface area contributed by atoms with Crippen molar-refractivity contribution >= 4 is 11.9 Å². The molecule has 0 aliphatic carbocycles. The van der Waals surface area contributed by atoms with Gasteiger partial charge in [0.05, 0.1) is 26.9 Å². The first kappa shape index (κ1) is 39.3. The van der Waals surface area contributed by atoms with Crippen molar-refractivity contribution in [2.75, 3.05) is 13.7 Å². The van der Waals surface area contributed by atoms with E-state index >= 15 is 0 Å². The largest absolute Gasteiger partial charge is 0.467 e. The molecule has 0 radical (unpaired) electrons. The SMILES string of the molecule is COC(=O)[C@H]1O[C@@H]2OC(C)(C)O[C@@H]2[C@@H](OCc2ccccc2)[C@@H]1O[C@H]1O[C@H](COC(C)=O)[C@@H](OCc2ccccc2)[C@H](OCc2ccccc2)[C@H]1N=[N+]=[N-]. The Kier molecular flexibility index (Phi) is 13.3. The van der Waals surface area contributed by atoms with Crippen LogP contribution in [0, 0.1) is 0 Å². The molecule has 0 bridgehead atoms. The lowest BCUT2D eigenvalue weighted by molar-refractivity contribution is -0.332. The molecular formula is C39H45N3O12. The molecule has 10 atom stereocenters. The first-order valence-electron chi connectivity index (χ1n) is 17.7. The Morgan fingerprint density at radius 2 is 1.30 bits per heavy atom. The molecule has 0 aromatic heterocycles. The highest BCUT2D eigenvalue weighted by molar-refractivity contribution is 5.75. The third-order valence-electron chi connectivity index (χ3n) is 9.15. The van der Waals surface area contributed by atoms with Crippen molar-refractivity contribution in [3.63, 3.8) is 0 Å². The van der Waals surface area contributed by atoms with E-state index in [-0.39, 0.29) is 26.4 Å². The highest BCUT2D eigenvalue weighted by Gasteiger charge is 2.59. The summed E-state index contributed by atoms with van der Waals surface area (Å²) in [6, 6.07) is 27.1. The molecule has 3 saturated heterocycles. The lowest BCUT2D eigenvalue weighted by Crippen LogP contribution is -2.65. The van der Waals surface area contributed by atoms with Gasteiger partial charge in [0.1, 0.15) is 49.3 Å². The van der Waals surface area contributed by atoms with E-state index in [0.717, 1.165) is 16.7 Å². The summed E-state index contributed by atoms with van der Waals surface area (Å²) in [6.45, 7) is 4.82. The van der Waals surface area contributed by atoms with Crippen LogP contribution in [-0.2, 0) is 76.8 Å². The Balaban J connectivity index is 1.37. The van der Waals surface area contributed by atoms with E-state index in [2.05, 4.69) is 10.0 Å². The molecular weight excluding hydrogens is 702 g/mol. The molecule has 3 aliphatic heterocycles. The fourth-order valence-corrected chi connectivity index (χ4v) is 6.68. The molecule has 54 heavy (non-hydrogen) atoms. The van der Waals surface area contributed by atoms with Crippen LogP contribution in [0.15, 0.2) is 96.1 Å². The fraction of sp³-hybridized carbons (Fsp3) is 0.487. The first-order chi connectivity index (χ1) is 26.2. The summed E-state index contributed by atoms with van der Waals surface area (Å²) in [5, 5.41) is 4.12. The van der Waals surface area contributed by atoms with E-state index in [0.29, 0.717) is 0 Å². The molecule has 3 aromatic rings. The number of carbonyl (C=O) groups is 2. The third kappa shape index (κ3) is 9.82. The number of carbonyl (C=O) groups excluding carboxylic acids is 2. The molecule has 0 spiro atoms. The molecule has 0 N–H and O–H groups in total. The molecule has 3 heterocycles. The standard InChI is InChI=1S/C39H45N3O12/c1-24(43)46-23-28-30(47-20-25-14-8-5-9-15-25)31(48-21-26-16-10-6-11-17-26)29(41-42-40)37(50-28)51-33-32(49-22-27-18-12-7-13-19-27)35-38(54-39(2,3)53-35)52-34(33)36(44)45-4/h5-19,28-35,37-38H,20-23H2,1-4H3/t28-,29-,30-,31-,32+,33+,34+,35-,37-,38-/m1/s1. The molecule has 288 valence electrons. The molecule has 3 aromatic carbocycles. The van der Waals surface area contributed by atoms with Crippen molar-refractivity contribution in [2.45, 2.75) is 108 Å². The smallest absolute Gasteiger partial charge is 0.337 e.